The summed E-state index contributed by atoms with van der Waals surface area (Å²) >= 11 is 12.1. The molecule has 0 aliphatic carbocycles. The summed E-state index contributed by atoms with van der Waals surface area (Å²) in [4.78, 5) is 14.7. The molecule has 0 fully saturated rings. The monoisotopic (exact) mass is 416 g/mol. The van der Waals surface area contributed by atoms with Crippen molar-refractivity contribution in [2.24, 2.45) is 0 Å². The van der Waals surface area contributed by atoms with E-state index in [1.165, 1.54) is 12.1 Å². The van der Waals surface area contributed by atoms with Crippen LogP contribution in [0, 0.1) is 5.82 Å². The van der Waals surface area contributed by atoms with Crippen LogP contribution in [-0.2, 0) is 13.1 Å². The summed E-state index contributed by atoms with van der Waals surface area (Å²) in [5.41, 5.74) is 2.32. The Kier molecular flexibility index (Phi) is 6.55. The van der Waals surface area contributed by atoms with E-state index in [9.17, 15) is 9.18 Å². The van der Waals surface area contributed by atoms with E-state index < -0.39 is 0 Å². The van der Waals surface area contributed by atoms with Crippen molar-refractivity contribution in [3.05, 3.63) is 106 Å². The van der Waals surface area contributed by atoms with Crippen LogP contribution in [0.5, 0.6) is 0 Å². The van der Waals surface area contributed by atoms with Gasteiger partial charge in [0.2, 0.25) is 0 Å². The number of hydrogen-bond donors (Lipinski definition) is 0. The molecule has 0 aliphatic heterocycles. The van der Waals surface area contributed by atoms with Crippen LogP contribution < -0.4 is 0 Å². The van der Waals surface area contributed by atoms with Crippen LogP contribution in [0.2, 0.25) is 10.0 Å². The Morgan fingerprint density at radius 2 is 1.89 bits per heavy atom. The highest BCUT2D eigenvalue weighted by Gasteiger charge is 2.19. The molecule has 1 heterocycles. The average molecular weight is 417 g/mol. The molecule has 0 saturated carbocycles. The van der Waals surface area contributed by atoms with Gasteiger partial charge in [-0.1, -0.05) is 41.4 Å². The zero-order valence-electron chi connectivity index (χ0n) is 15.1. The lowest BCUT2D eigenvalue weighted by Crippen LogP contribution is -2.31. The average Bonchev–Trinajstić information content (AvgIpc) is 3.09. The van der Waals surface area contributed by atoms with Crippen molar-refractivity contribution in [2.75, 3.05) is 6.54 Å². The van der Waals surface area contributed by atoms with Crippen molar-refractivity contribution in [3.63, 3.8) is 0 Å². The summed E-state index contributed by atoms with van der Waals surface area (Å²) in [6, 6.07) is 15.1. The first-order valence-corrected chi connectivity index (χ1v) is 9.47. The largest absolute Gasteiger partial charge is 0.345 e. The third-order valence-electron chi connectivity index (χ3n) is 4.34. The van der Waals surface area contributed by atoms with Crippen LogP contribution in [0.1, 0.15) is 21.6 Å². The number of carbonyl (C=O) groups excluding carboxylic acids is 1. The van der Waals surface area contributed by atoms with Crippen LogP contribution in [0.15, 0.2) is 73.4 Å². The smallest absolute Gasteiger partial charge is 0.256 e. The number of nitrogens with zero attached hydrogens (tertiary/aromatic N) is 2. The number of rotatable bonds is 7. The summed E-state index contributed by atoms with van der Waals surface area (Å²) in [6.07, 6.45) is 3.61. The molecule has 2 aromatic carbocycles. The van der Waals surface area contributed by atoms with Gasteiger partial charge in [0.15, 0.2) is 0 Å². The topological polar surface area (TPSA) is 25.2 Å². The molecule has 0 unspecified atom stereocenters. The molecule has 3 rings (SSSR count). The lowest BCUT2D eigenvalue weighted by Gasteiger charge is -2.23. The Bertz CT molecular complexity index is 982. The Morgan fingerprint density at radius 3 is 2.57 bits per heavy atom. The van der Waals surface area contributed by atoms with Gasteiger partial charge in [-0.05, 0) is 48.0 Å². The Labute approximate surface area is 173 Å². The molecule has 3 nitrogen and oxygen atoms in total. The fourth-order valence-corrected chi connectivity index (χ4v) is 3.43. The third kappa shape index (κ3) is 4.83. The van der Waals surface area contributed by atoms with E-state index in [0.717, 1.165) is 11.3 Å². The predicted molar refractivity (Wildman–Crippen MR) is 111 cm³/mol. The van der Waals surface area contributed by atoms with Gasteiger partial charge < -0.3 is 9.47 Å². The van der Waals surface area contributed by atoms with Gasteiger partial charge in [-0.15, -0.1) is 6.58 Å². The summed E-state index contributed by atoms with van der Waals surface area (Å²) in [5.74, 6) is -0.463. The lowest BCUT2D eigenvalue weighted by atomic mass is 10.2. The molecule has 0 atom stereocenters. The lowest BCUT2D eigenvalue weighted by molar-refractivity contribution is 0.0759. The highest BCUT2D eigenvalue weighted by atomic mass is 35.5. The highest BCUT2D eigenvalue weighted by Crippen LogP contribution is 2.23. The second kappa shape index (κ2) is 9.09. The SMILES string of the molecule is C=CCN(Cc1cccn1Cc1ccc(F)cc1)C(=O)c1ccc(Cl)cc1Cl. The fourth-order valence-electron chi connectivity index (χ4n) is 2.94. The second-order valence-electron chi connectivity index (χ2n) is 6.35. The van der Waals surface area contributed by atoms with Crippen LogP contribution in [0.3, 0.4) is 0 Å². The first-order chi connectivity index (χ1) is 13.5. The third-order valence-corrected chi connectivity index (χ3v) is 4.89. The van der Waals surface area contributed by atoms with Gasteiger partial charge in [-0.25, -0.2) is 4.39 Å². The summed E-state index contributed by atoms with van der Waals surface area (Å²) in [6.45, 7) is 5.10. The molecule has 144 valence electrons. The van der Waals surface area contributed by atoms with Crippen molar-refractivity contribution in [1.82, 2.24) is 9.47 Å². The molecule has 6 heteroatoms. The molecule has 0 aliphatic rings. The zero-order chi connectivity index (χ0) is 20.1. The van der Waals surface area contributed by atoms with Crippen molar-refractivity contribution in [2.45, 2.75) is 13.1 Å². The molecule has 1 amide bonds. The quantitative estimate of drug-likeness (QED) is 0.446. The van der Waals surface area contributed by atoms with Gasteiger partial charge in [0.05, 0.1) is 17.1 Å². The second-order valence-corrected chi connectivity index (χ2v) is 7.20. The van der Waals surface area contributed by atoms with Gasteiger partial charge >= 0.3 is 0 Å². The minimum atomic E-state index is -0.265. The molecular formula is C22H19Cl2FN2O. The maximum atomic E-state index is 13.1. The van der Waals surface area contributed by atoms with E-state index in [1.54, 1.807) is 41.3 Å². The maximum Gasteiger partial charge on any atom is 0.256 e. The number of amides is 1. The van der Waals surface area contributed by atoms with E-state index in [-0.39, 0.29) is 11.7 Å². The molecule has 28 heavy (non-hydrogen) atoms. The summed E-state index contributed by atoms with van der Waals surface area (Å²) in [7, 11) is 0. The summed E-state index contributed by atoms with van der Waals surface area (Å²) < 4.78 is 15.2. The Balaban J connectivity index is 1.81. The maximum absolute atomic E-state index is 13.1. The number of halogens is 3. The van der Waals surface area contributed by atoms with E-state index >= 15 is 0 Å². The minimum Gasteiger partial charge on any atom is -0.345 e. The normalized spacial score (nSPS) is 10.7. The number of benzene rings is 2. The van der Waals surface area contributed by atoms with Crippen LogP contribution >= 0.6 is 23.2 Å². The molecule has 0 bridgehead atoms. The summed E-state index contributed by atoms with van der Waals surface area (Å²) in [5, 5.41) is 0.790. The number of hydrogen-bond acceptors (Lipinski definition) is 1. The first kappa shape index (κ1) is 20.2. The first-order valence-electron chi connectivity index (χ1n) is 8.71. The van der Waals surface area contributed by atoms with E-state index in [4.69, 9.17) is 23.2 Å². The molecular weight excluding hydrogens is 398 g/mol. The molecule has 0 radical (unpaired) electrons. The number of carbonyl (C=O) groups is 1. The van der Waals surface area contributed by atoms with Crippen LogP contribution in [0.4, 0.5) is 4.39 Å². The molecule has 0 spiro atoms. The standard InChI is InChI=1S/C22H19Cl2FN2O/c1-2-11-27(22(28)20-10-7-17(23)13-21(20)24)15-19-4-3-12-26(19)14-16-5-8-18(25)9-6-16/h2-10,12-13H,1,11,14-15H2. The van der Waals surface area contributed by atoms with E-state index in [0.29, 0.717) is 35.2 Å². The van der Waals surface area contributed by atoms with Crippen molar-refractivity contribution in [1.29, 1.82) is 0 Å². The Hall–Kier alpha value is -2.56. The van der Waals surface area contributed by atoms with Gasteiger partial charge in [-0.2, -0.15) is 0 Å². The Morgan fingerprint density at radius 1 is 1.14 bits per heavy atom. The van der Waals surface area contributed by atoms with Gasteiger partial charge in [-0.3, -0.25) is 4.79 Å². The molecule has 0 N–H and O–H groups in total. The molecule has 0 saturated heterocycles. The van der Waals surface area contributed by atoms with Gasteiger partial charge in [0.1, 0.15) is 5.82 Å². The molecule has 3 aromatic rings. The highest BCUT2D eigenvalue weighted by molar-refractivity contribution is 6.36. The number of aromatic nitrogens is 1. The van der Waals surface area contributed by atoms with Gasteiger partial charge in [0, 0.05) is 30.0 Å². The zero-order valence-corrected chi connectivity index (χ0v) is 16.6. The van der Waals surface area contributed by atoms with Crippen molar-refractivity contribution < 1.29 is 9.18 Å². The van der Waals surface area contributed by atoms with Crippen LogP contribution in [-0.4, -0.2) is 21.9 Å². The predicted octanol–water partition coefficient (Wildman–Crippen LogP) is 5.81. The molecule has 1 aromatic heterocycles. The minimum absolute atomic E-state index is 0.198. The van der Waals surface area contributed by atoms with Crippen molar-refractivity contribution >= 4 is 29.1 Å². The van der Waals surface area contributed by atoms with Crippen LogP contribution in [0.25, 0.3) is 0 Å². The van der Waals surface area contributed by atoms with Gasteiger partial charge in [0.25, 0.3) is 5.91 Å². The van der Waals surface area contributed by atoms with Crippen molar-refractivity contribution in [3.8, 4) is 0 Å². The van der Waals surface area contributed by atoms with E-state index in [2.05, 4.69) is 6.58 Å². The van der Waals surface area contributed by atoms with E-state index in [1.807, 2.05) is 22.9 Å². The fraction of sp³-hybridized carbons (Fsp3) is 0.136.